The van der Waals surface area contributed by atoms with Crippen molar-refractivity contribution < 1.29 is 0 Å². The molecule has 0 spiro atoms. The van der Waals surface area contributed by atoms with Gasteiger partial charge in [0.1, 0.15) is 11.8 Å². The second-order valence-corrected chi connectivity index (χ2v) is 4.72. The molecule has 0 atom stereocenters. The number of hydrogen-bond acceptors (Lipinski definition) is 2. The van der Waals surface area contributed by atoms with Crippen LogP contribution < -0.4 is 5.32 Å². The standard InChI is InChI=1S/C16H19N3/c1-4-13-6-5-7-15(8-13)18-11-14-9-16(10-17)19(3)12(14)2/h5-9,18H,4,11H2,1-3H3. The van der Waals surface area contributed by atoms with Crippen molar-refractivity contribution in [3.8, 4) is 6.07 Å². The Morgan fingerprint density at radius 1 is 1.32 bits per heavy atom. The van der Waals surface area contributed by atoms with Crippen LogP contribution in [-0.2, 0) is 20.0 Å². The van der Waals surface area contributed by atoms with Gasteiger partial charge in [-0.25, -0.2) is 0 Å². The molecule has 0 aliphatic carbocycles. The lowest BCUT2D eigenvalue weighted by Gasteiger charge is -2.08. The first-order valence-corrected chi connectivity index (χ1v) is 6.53. The molecule has 0 saturated carbocycles. The quantitative estimate of drug-likeness (QED) is 0.907. The lowest BCUT2D eigenvalue weighted by Crippen LogP contribution is -2.01. The van der Waals surface area contributed by atoms with Crippen LogP contribution in [0, 0.1) is 18.3 Å². The van der Waals surface area contributed by atoms with Crippen molar-refractivity contribution in [1.29, 1.82) is 5.26 Å². The fourth-order valence-electron chi connectivity index (χ4n) is 2.15. The molecule has 98 valence electrons. The molecule has 1 aromatic carbocycles. The fourth-order valence-corrected chi connectivity index (χ4v) is 2.15. The minimum absolute atomic E-state index is 0.705. The van der Waals surface area contributed by atoms with Crippen LogP contribution in [0.5, 0.6) is 0 Å². The van der Waals surface area contributed by atoms with Gasteiger partial charge >= 0.3 is 0 Å². The van der Waals surface area contributed by atoms with E-state index in [-0.39, 0.29) is 0 Å². The maximum absolute atomic E-state index is 9.02. The molecule has 0 aliphatic heterocycles. The van der Waals surface area contributed by atoms with Crippen LogP contribution in [-0.4, -0.2) is 4.57 Å². The van der Waals surface area contributed by atoms with Crippen LogP contribution in [0.15, 0.2) is 30.3 Å². The molecule has 0 bridgehead atoms. The summed E-state index contributed by atoms with van der Waals surface area (Å²) in [7, 11) is 1.93. The van der Waals surface area contributed by atoms with Crippen molar-refractivity contribution in [2.75, 3.05) is 5.32 Å². The summed E-state index contributed by atoms with van der Waals surface area (Å²) in [5.74, 6) is 0. The number of anilines is 1. The van der Waals surface area contributed by atoms with Crippen LogP contribution >= 0.6 is 0 Å². The molecule has 3 heteroatoms. The highest BCUT2D eigenvalue weighted by Crippen LogP contribution is 2.17. The van der Waals surface area contributed by atoms with Gasteiger partial charge in [-0.05, 0) is 42.7 Å². The zero-order valence-electron chi connectivity index (χ0n) is 11.7. The van der Waals surface area contributed by atoms with Crippen molar-refractivity contribution in [1.82, 2.24) is 4.57 Å². The molecule has 2 aromatic rings. The van der Waals surface area contributed by atoms with Gasteiger partial charge < -0.3 is 9.88 Å². The highest BCUT2D eigenvalue weighted by molar-refractivity contribution is 5.47. The monoisotopic (exact) mass is 253 g/mol. The maximum atomic E-state index is 9.02. The predicted molar refractivity (Wildman–Crippen MR) is 78.0 cm³/mol. The number of nitriles is 1. The highest BCUT2D eigenvalue weighted by atomic mass is 15.0. The van der Waals surface area contributed by atoms with Crippen LogP contribution in [0.25, 0.3) is 0 Å². The number of nitrogens with one attached hydrogen (secondary N) is 1. The molecule has 0 saturated heterocycles. The molecule has 0 aliphatic rings. The van der Waals surface area contributed by atoms with Gasteiger partial charge in [-0.1, -0.05) is 19.1 Å². The average molecular weight is 253 g/mol. The van der Waals surface area contributed by atoms with E-state index in [9.17, 15) is 0 Å². The molecular weight excluding hydrogens is 234 g/mol. The summed E-state index contributed by atoms with van der Waals surface area (Å²) in [4.78, 5) is 0. The first-order valence-electron chi connectivity index (χ1n) is 6.53. The Morgan fingerprint density at radius 3 is 2.74 bits per heavy atom. The first-order chi connectivity index (χ1) is 9.15. The fraction of sp³-hybridized carbons (Fsp3) is 0.312. The first kappa shape index (κ1) is 13.2. The van der Waals surface area contributed by atoms with Gasteiger partial charge in [-0.15, -0.1) is 0 Å². The van der Waals surface area contributed by atoms with Crippen molar-refractivity contribution in [2.45, 2.75) is 26.8 Å². The minimum Gasteiger partial charge on any atom is -0.381 e. The lowest BCUT2D eigenvalue weighted by atomic mass is 10.1. The molecule has 0 radical (unpaired) electrons. The Balaban J connectivity index is 2.12. The summed E-state index contributed by atoms with van der Waals surface area (Å²) in [5, 5.41) is 12.4. The molecule has 1 N–H and O–H groups in total. The predicted octanol–water partition coefficient (Wildman–Crippen LogP) is 3.38. The van der Waals surface area contributed by atoms with Crippen LogP contribution in [0.4, 0.5) is 5.69 Å². The number of hydrogen-bond donors (Lipinski definition) is 1. The third kappa shape index (κ3) is 2.79. The number of nitrogens with zero attached hydrogens (tertiary/aromatic N) is 2. The number of benzene rings is 1. The highest BCUT2D eigenvalue weighted by Gasteiger charge is 2.08. The molecule has 1 aromatic heterocycles. The smallest absolute Gasteiger partial charge is 0.120 e. The van der Waals surface area contributed by atoms with E-state index in [1.54, 1.807) is 0 Å². The molecule has 3 nitrogen and oxygen atoms in total. The van der Waals surface area contributed by atoms with E-state index in [2.05, 4.69) is 42.6 Å². The van der Waals surface area contributed by atoms with Crippen LogP contribution in [0.2, 0.25) is 0 Å². The Hall–Kier alpha value is -2.21. The topological polar surface area (TPSA) is 40.8 Å². The van der Waals surface area contributed by atoms with Gasteiger partial charge in [0.25, 0.3) is 0 Å². The number of rotatable bonds is 4. The van der Waals surface area contributed by atoms with Gasteiger partial charge in [0, 0.05) is 25.0 Å². The lowest BCUT2D eigenvalue weighted by molar-refractivity contribution is 0.856. The summed E-state index contributed by atoms with van der Waals surface area (Å²) in [6.45, 7) is 4.94. The van der Waals surface area contributed by atoms with E-state index in [4.69, 9.17) is 5.26 Å². The Labute approximate surface area is 114 Å². The molecule has 0 fully saturated rings. The van der Waals surface area contributed by atoms with E-state index < -0.39 is 0 Å². The molecule has 0 amide bonds. The Kier molecular flexibility index (Phi) is 3.91. The molecule has 0 unspecified atom stereocenters. The van der Waals surface area contributed by atoms with E-state index in [1.807, 2.05) is 24.6 Å². The zero-order valence-corrected chi connectivity index (χ0v) is 11.7. The van der Waals surface area contributed by atoms with Crippen molar-refractivity contribution in [2.24, 2.45) is 7.05 Å². The van der Waals surface area contributed by atoms with Crippen LogP contribution in [0.3, 0.4) is 0 Å². The van der Waals surface area contributed by atoms with Crippen molar-refractivity contribution >= 4 is 5.69 Å². The largest absolute Gasteiger partial charge is 0.381 e. The van der Waals surface area contributed by atoms with Crippen LogP contribution in [0.1, 0.15) is 29.4 Å². The molecule has 2 rings (SSSR count). The third-order valence-corrected chi connectivity index (χ3v) is 3.57. The Morgan fingerprint density at radius 2 is 2.11 bits per heavy atom. The van der Waals surface area contributed by atoms with Crippen molar-refractivity contribution in [3.63, 3.8) is 0 Å². The maximum Gasteiger partial charge on any atom is 0.120 e. The number of aromatic nitrogens is 1. The van der Waals surface area contributed by atoms with E-state index >= 15 is 0 Å². The second kappa shape index (κ2) is 5.62. The summed E-state index contributed by atoms with van der Waals surface area (Å²) in [5.41, 5.74) is 5.46. The summed E-state index contributed by atoms with van der Waals surface area (Å²) < 4.78 is 1.93. The summed E-state index contributed by atoms with van der Waals surface area (Å²) in [6, 6.07) is 12.6. The van der Waals surface area contributed by atoms with E-state index in [1.165, 1.54) is 11.1 Å². The Bertz CT molecular complexity index is 617. The van der Waals surface area contributed by atoms with Gasteiger partial charge in [0.15, 0.2) is 0 Å². The second-order valence-electron chi connectivity index (χ2n) is 4.72. The van der Waals surface area contributed by atoms with Crippen molar-refractivity contribution in [3.05, 3.63) is 52.8 Å². The van der Waals surface area contributed by atoms with Gasteiger partial charge in [-0.2, -0.15) is 5.26 Å². The average Bonchev–Trinajstić information content (AvgIpc) is 2.73. The summed E-state index contributed by atoms with van der Waals surface area (Å²) in [6.07, 6.45) is 1.04. The minimum atomic E-state index is 0.705. The number of aryl methyl sites for hydroxylation is 1. The van der Waals surface area contributed by atoms with Gasteiger partial charge in [0.2, 0.25) is 0 Å². The van der Waals surface area contributed by atoms with E-state index in [0.717, 1.165) is 24.3 Å². The molecular formula is C16H19N3. The molecule has 1 heterocycles. The van der Waals surface area contributed by atoms with Gasteiger partial charge in [-0.3, -0.25) is 0 Å². The SMILES string of the molecule is CCc1cccc(NCc2cc(C#N)n(C)c2C)c1. The normalized spacial score (nSPS) is 10.2. The van der Waals surface area contributed by atoms with E-state index in [0.29, 0.717) is 5.69 Å². The molecule has 19 heavy (non-hydrogen) atoms. The zero-order chi connectivity index (χ0) is 13.8. The summed E-state index contributed by atoms with van der Waals surface area (Å²) >= 11 is 0. The van der Waals surface area contributed by atoms with Gasteiger partial charge in [0.05, 0.1) is 0 Å². The third-order valence-electron chi connectivity index (χ3n) is 3.57.